The van der Waals surface area contributed by atoms with Crippen LogP contribution in [0.3, 0.4) is 0 Å². The van der Waals surface area contributed by atoms with E-state index < -0.39 is 0 Å². The van der Waals surface area contributed by atoms with Gasteiger partial charge in [-0.2, -0.15) is 4.73 Å². The maximum atomic E-state index is 11.4. The van der Waals surface area contributed by atoms with Crippen LogP contribution in [0.5, 0.6) is 0 Å². The molecule has 14 heavy (non-hydrogen) atoms. The molecule has 0 fully saturated rings. The molecular weight excluding hydrogens is 198 g/mol. The van der Waals surface area contributed by atoms with Gasteiger partial charge in [0.15, 0.2) is 6.20 Å². The molecule has 1 heterocycles. The van der Waals surface area contributed by atoms with Crippen LogP contribution < -0.4 is 4.73 Å². The normalized spacial score (nSPS) is 10.4. The van der Waals surface area contributed by atoms with Crippen molar-refractivity contribution >= 4 is 11.3 Å². The molecule has 0 unspecified atom stereocenters. The smallest absolute Gasteiger partial charge is 0.280 e. The van der Waals surface area contributed by atoms with E-state index in [0.717, 1.165) is 10.3 Å². The minimum absolute atomic E-state index is 0.0836. The van der Waals surface area contributed by atoms with Crippen LogP contribution in [0.2, 0.25) is 0 Å². The second-order valence-electron chi connectivity index (χ2n) is 2.85. The number of nitrogens with zero attached hydrogens (tertiary/aromatic N) is 1. The molecule has 2 rings (SSSR count). The van der Waals surface area contributed by atoms with Gasteiger partial charge in [-0.1, -0.05) is 29.5 Å². The van der Waals surface area contributed by atoms with E-state index in [0.29, 0.717) is 9.88 Å². The van der Waals surface area contributed by atoms with Gasteiger partial charge in [-0.3, -0.25) is 0 Å². The van der Waals surface area contributed by atoms with Gasteiger partial charge < -0.3 is 10.3 Å². The molecule has 1 aromatic heterocycles. The molecule has 0 amide bonds. The number of aromatic nitrogens is 1. The van der Waals surface area contributed by atoms with Gasteiger partial charge >= 0.3 is 0 Å². The van der Waals surface area contributed by atoms with Crippen molar-refractivity contribution in [2.24, 2.45) is 0 Å². The SMILES string of the molecule is [O-][n+]1cc(CO)sc1-c1ccccc1. The summed E-state index contributed by atoms with van der Waals surface area (Å²) in [6.07, 6.45) is 1.41. The van der Waals surface area contributed by atoms with E-state index in [9.17, 15) is 5.21 Å². The second-order valence-corrected chi connectivity index (χ2v) is 3.97. The molecule has 4 heteroatoms. The molecular formula is C10H9NO2S. The fourth-order valence-corrected chi connectivity index (χ4v) is 2.08. The van der Waals surface area contributed by atoms with E-state index in [4.69, 9.17) is 5.11 Å². The first-order valence-electron chi connectivity index (χ1n) is 4.19. The topological polar surface area (TPSA) is 47.2 Å². The molecule has 0 aliphatic carbocycles. The summed E-state index contributed by atoms with van der Waals surface area (Å²) in [4.78, 5) is 0.679. The van der Waals surface area contributed by atoms with E-state index in [1.807, 2.05) is 30.3 Å². The van der Waals surface area contributed by atoms with Gasteiger partial charge in [0.25, 0.3) is 5.01 Å². The summed E-state index contributed by atoms with van der Waals surface area (Å²) in [6, 6.07) is 9.42. The zero-order valence-electron chi connectivity index (χ0n) is 7.38. The first kappa shape index (κ1) is 9.18. The Morgan fingerprint density at radius 1 is 1.29 bits per heavy atom. The lowest BCUT2D eigenvalue weighted by atomic mass is 10.2. The zero-order chi connectivity index (χ0) is 9.97. The first-order chi connectivity index (χ1) is 6.81. The van der Waals surface area contributed by atoms with Crippen LogP contribution in [-0.2, 0) is 6.61 Å². The lowest BCUT2D eigenvalue weighted by molar-refractivity contribution is -0.589. The highest BCUT2D eigenvalue weighted by Gasteiger charge is 2.13. The molecule has 3 nitrogen and oxygen atoms in total. The van der Waals surface area contributed by atoms with Gasteiger partial charge in [0, 0.05) is 0 Å². The Kier molecular flexibility index (Phi) is 2.47. The molecule has 2 aromatic rings. The molecule has 72 valence electrons. The average Bonchev–Trinajstić information content (AvgIpc) is 2.61. The van der Waals surface area contributed by atoms with Crippen LogP contribution in [0.25, 0.3) is 10.6 Å². The number of hydrogen-bond donors (Lipinski definition) is 1. The lowest BCUT2D eigenvalue weighted by Gasteiger charge is -1.95. The van der Waals surface area contributed by atoms with Crippen molar-refractivity contribution in [3.05, 3.63) is 46.6 Å². The number of benzene rings is 1. The molecule has 0 saturated carbocycles. The van der Waals surface area contributed by atoms with Gasteiger partial charge in [-0.15, -0.1) is 0 Å². The molecule has 0 radical (unpaired) electrons. The summed E-state index contributed by atoms with van der Waals surface area (Å²) in [7, 11) is 0. The van der Waals surface area contributed by atoms with Crippen LogP contribution >= 0.6 is 11.3 Å². The van der Waals surface area contributed by atoms with Crippen molar-refractivity contribution in [2.75, 3.05) is 0 Å². The molecule has 0 atom stereocenters. The maximum Gasteiger partial charge on any atom is 0.280 e. The van der Waals surface area contributed by atoms with Gasteiger partial charge in [-0.05, 0) is 12.1 Å². The highest BCUT2D eigenvalue weighted by molar-refractivity contribution is 7.14. The second kappa shape index (κ2) is 3.77. The van der Waals surface area contributed by atoms with Crippen molar-refractivity contribution in [1.29, 1.82) is 0 Å². The third-order valence-electron chi connectivity index (χ3n) is 1.87. The van der Waals surface area contributed by atoms with Gasteiger partial charge in [0.2, 0.25) is 0 Å². The number of thiazole rings is 1. The zero-order valence-corrected chi connectivity index (χ0v) is 8.20. The molecule has 0 spiro atoms. The fraction of sp³-hybridized carbons (Fsp3) is 0.100. The summed E-state index contributed by atoms with van der Waals surface area (Å²) in [5, 5.41) is 20.9. The van der Waals surface area contributed by atoms with Crippen molar-refractivity contribution in [1.82, 2.24) is 0 Å². The van der Waals surface area contributed by atoms with Crippen LogP contribution in [0, 0.1) is 5.21 Å². The summed E-state index contributed by atoms with van der Waals surface area (Å²) < 4.78 is 0.797. The van der Waals surface area contributed by atoms with E-state index in [2.05, 4.69) is 0 Å². The predicted octanol–water partition coefficient (Wildman–Crippen LogP) is 1.54. The lowest BCUT2D eigenvalue weighted by Crippen LogP contribution is -2.24. The average molecular weight is 207 g/mol. The molecule has 0 saturated heterocycles. The van der Waals surface area contributed by atoms with Crippen LogP contribution in [0.4, 0.5) is 0 Å². The standard InChI is InChI=1S/C10H9NO2S/c12-7-9-6-11(13)10(14-9)8-4-2-1-3-5-8/h1-6,12H,7H2. The van der Waals surface area contributed by atoms with Gasteiger partial charge in [-0.25, -0.2) is 0 Å². The monoisotopic (exact) mass is 207 g/mol. The van der Waals surface area contributed by atoms with E-state index in [1.54, 1.807) is 0 Å². The molecule has 0 aliphatic rings. The summed E-state index contributed by atoms with van der Waals surface area (Å²) >= 11 is 1.31. The van der Waals surface area contributed by atoms with E-state index in [1.165, 1.54) is 17.5 Å². The van der Waals surface area contributed by atoms with Crippen LogP contribution in [0.1, 0.15) is 4.88 Å². The Balaban J connectivity index is 2.46. The predicted molar refractivity (Wildman–Crippen MR) is 54.6 cm³/mol. The van der Waals surface area contributed by atoms with Crippen LogP contribution in [0.15, 0.2) is 36.5 Å². The number of aliphatic hydroxyl groups is 1. The number of rotatable bonds is 2. The largest absolute Gasteiger partial charge is 0.618 e. The Labute approximate surface area is 85.5 Å². The third-order valence-corrected chi connectivity index (χ3v) is 2.97. The summed E-state index contributed by atoms with van der Waals surface area (Å²) in [5.41, 5.74) is 0.882. The van der Waals surface area contributed by atoms with Gasteiger partial charge in [0.05, 0.1) is 12.2 Å². The summed E-state index contributed by atoms with van der Waals surface area (Å²) in [6.45, 7) is -0.0836. The Morgan fingerprint density at radius 3 is 2.57 bits per heavy atom. The van der Waals surface area contributed by atoms with E-state index >= 15 is 0 Å². The Morgan fingerprint density at radius 2 is 2.00 bits per heavy atom. The highest BCUT2D eigenvalue weighted by atomic mass is 32.1. The highest BCUT2D eigenvalue weighted by Crippen LogP contribution is 2.22. The molecule has 1 aromatic carbocycles. The van der Waals surface area contributed by atoms with E-state index in [-0.39, 0.29) is 6.61 Å². The quantitative estimate of drug-likeness (QED) is 0.599. The van der Waals surface area contributed by atoms with Crippen molar-refractivity contribution in [3.63, 3.8) is 0 Å². The Bertz CT molecular complexity index is 425. The molecule has 0 bridgehead atoms. The fourth-order valence-electron chi connectivity index (χ4n) is 1.22. The minimum Gasteiger partial charge on any atom is -0.618 e. The molecule has 0 aliphatic heterocycles. The van der Waals surface area contributed by atoms with Crippen molar-refractivity contribution in [3.8, 4) is 10.6 Å². The summed E-state index contributed by atoms with van der Waals surface area (Å²) in [5.74, 6) is 0. The van der Waals surface area contributed by atoms with Crippen molar-refractivity contribution in [2.45, 2.75) is 6.61 Å². The van der Waals surface area contributed by atoms with Gasteiger partial charge in [0.1, 0.15) is 4.88 Å². The minimum atomic E-state index is -0.0836. The third kappa shape index (κ3) is 1.62. The molecule has 1 N–H and O–H groups in total. The Hall–Kier alpha value is -1.39. The van der Waals surface area contributed by atoms with Crippen molar-refractivity contribution < 1.29 is 9.84 Å². The first-order valence-corrected chi connectivity index (χ1v) is 5.01. The number of hydrogen-bond acceptors (Lipinski definition) is 3. The number of aliphatic hydroxyl groups excluding tert-OH is 1. The maximum absolute atomic E-state index is 11.4. The van der Waals surface area contributed by atoms with Crippen LogP contribution in [-0.4, -0.2) is 5.11 Å².